The fraction of sp³-hybridized carbons (Fsp3) is 0.529. The Morgan fingerprint density at radius 3 is 2.83 bits per heavy atom. The summed E-state index contributed by atoms with van der Waals surface area (Å²) in [6, 6.07) is 5.62. The van der Waals surface area contributed by atoms with Crippen molar-refractivity contribution in [2.45, 2.75) is 43.9 Å². The molecule has 0 bridgehead atoms. The molecule has 2 fully saturated rings. The van der Waals surface area contributed by atoms with Crippen LogP contribution >= 0.6 is 0 Å². The highest BCUT2D eigenvalue weighted by atomic mass is 16.7. The Balaban J connectivity index is 1.53. The van der Waals surface area contributed by atoms with E-state index in [1.165, 1.54) is 0 Å². The highest BCUT2D eigenvalue weighted by Gasteiger charge is 2.49. The van der Waals surface area contributed by atoms with Gasteiger partial charge in [0.2, 0.25) is 6.79 Å². The molecule has 1 N–H and O–H groups in total. The largest absolute Gasteiger partial charge is 0.459 e. The maximum atomic E-state index is 12.0. The summed E-state index contributed by atoms with van der Waals surface area (Å²) < 4.78 is 21.2. The lowest BCUT2D eigenvalue weighted by atomic mass is 9.80. The molecular formula is C17H19NO6. The van der Waals surface area contributed by atoms with Crippen LogP contribution in [-0.4, -0.2) is 43.5 Å². The average molecular weight is 333 g/mol. The van der Waals surface area contributed by atoms with E-state index in [1.807, 2.05) is 18.2 Å². The number of fused-ring (bicyclic) bond motifs is 2. The van der Waals surface area contributed by atoms with Crippen LogP contribution < -0.4 is 14.8 Å². The number of ether oxygens (including phenoxy) is 4. The molecule has 4 atom stereocenters. The summed E-state index contributed by atoms with van der Waals surface area (Å²) in [7, 11) is 0. The number of benzene rings is 1. The normalized spacial score (nSPS) is 29.5. The number of esters is 1. The second kappa shape index (κ2) is 5.98. The van der Waals surface area contributed by atoms with Crippen LogP contribution in [0.1, 0.15) is 31.2 Å². The lowest BCUT2D eigenvalue weighted by Gasteiger charge is -2.30. The standard InChI is InChI=1S/C17H19NO6/c1-2-21-17(20)16(19)18-11-7-15-14(24-15)6-10(11)9-3-4-12-13(5-9)23-8-22-12/h3-5,10-11,14-15H,2,6-8H2,1H3,(H,18,19). The third kappa shape index (κ3) is 2.80. The number of epoxide rings is 1. The van der Waals surface area contributed by atoms with Crippen molar-refractivity contribution in [3.63, 3.8) is 0 Å². The van der Waals surface area contributed by atoms with E-state index in [0.29, 0.717) is 12.2 Å². The smallest absolute Gasteiger partial charge is 0.396 e. The van der Waals surface area contributed by atoms with Gasteiger partial charge in [-0.25, -0.2) is 4.79 Å². The van der Waals surface area contributed by atoms with Crippen molar-refractivity contribution >= 4 is 11.9 Å². The van der Waals surface area contributed by atoms with E-state index >= 15 is 0 Å². The highest BCUT2D eigenvalue weighted by molar-refractivity contribution is 6.32. The fourth-order valence-electron chi connectivity index (χ4n) is 3.52. The molecule has 7 heteroatoms. The van der Waals surface area contributed by atoms with Gasteiger partial charge in [-0.1, -0.05) is 6.07 Å². The number of carbonyl (C=O) groups is 2. The van der Waals surface area contributed by atoms with Gasteiger partial charge in [0.05, 0.1) is 18.8 Å². The molecule has 2 aliphatic heterocycles. The lowest BCUT2D eigenvalue weighted by Crippen LogP contribution is -2.46. The molecule has 128 valence electrons. The van der Waals surface area contributed by atoms with Gasteiger partial charge in [-0.3, -0.25) is 4.79 Å². The Bertz CT molecular complexity index is 675. The topological polar surface area (TPSA) is 86.4 Å². The number of hydrogen-bond acceptors (Lipinski definition) is 6. The maximum absolute atomic E-state index is 12.0. The molecule has 0 aromatic heterocycles. The first kappa shape index (κ1) is 15.3. The molecule has 4 rings (SSSR count). The van der Waals surface area contributed by atoms with Crippen molar-refractivity contribution in [2.75, 3.05) is 13.4 Å². The van der Waals surface area contributed by atoms with Gasteiger partial charge in [0.15, 0.2) is 11.5 Å². The Hall–Kier alpha value is -2.28. The SMILES string of the molecule is CCOC(=O)C(=O)NC1CC2OC2CC1c1ccc2c(c1)OCO2. The Kier molecular flexibility index (Phi) is 3.80. The van der Waals surface area contributed by atoms with Crippen LogP contribution in [0.25, 0.3) is 0 Å². The molecule has 1 aromatic carbocycles. The summed E-state index contributed by atoms with van der Waals surface area (Å²) in [4.78, 5) is 23.6. The fourth-order valence-corrected chi connectivity index (χ4v) is 3.52. The van der Waals surface area contributed by atoms with Crippen LogP contribution in [0.15, 0.2) is 18.2 Å². The van der Waals surface area contributed by atoms with E-state index < -0.39 is 11.9 Å². The molecule has 2 heterocycles. The van der Waals surface area contributed by atoms with E-state index in [2.05, 4.69) is 5.32 Å². The molecule has 4 unspecified atom stereocenters. The summed E-state index contributed by atoms with van der Waals surface area (Å²) >= 11 is 0. The molecule has 7 nitrogen and oxygen atoms in total. The lowest BCUT2D eigenvalue weighted by molar-refractivity contribution is -0.155. The Morgan fingerprint density at radius 1 is 1.21 bits per heavy atom. The van der Waals surface area contributed by atoms with Gasteiger partial charge >= 0.3 is 11.9 Å². The number of rotatable bonds is 3. The van der Waals surface area contributed by atoms with Crippen LogP contribution in [0.4, 0.5) is 0 Å². The van der Waals surface area contributed by atoms with Crippen molar-refractivity contribution < 1.29 is 28.5 Å². The van der Waals surface area contributed by atoms with Crippen LogP contribution in [0, 0.1) is 0 Å². The van der Waals surface area contributed by atoms with Crippen molar-refractivity contribution in [3.05, 3.63) is 23.8 Å². The van der Waals surface area contributed by atoms with Gasteiger partial charge in [-0.15, -0.1) is 0 Å². The second-order valence-corrected chi connectivity index (χ2v) is 6.20. The summed E-state index contributed by atoms with van der Waals surface area (Å²) in [6.45, 7) is 2.07. The molecule has 1 aliphatic carbocycles. The molecule has 1 aromatic rings. The number of amides is 1. The number of nitrogens with one attached hydrogen (secondary N) is 1. The monoisotopic (exact) mass is 333 g/mol. The summed E-state index contributed by atoms with van der Waals surface area (Å²) in [5.41, 5.74) is 1.04. The molecule has 3 aliphatic rings. The molecule has 1 amide bonds. The summed E-state index contributed by atoms with van der Waals surface area (Å²) in [6.07, 6.45) is 1.89. The highest BCUT2D eigenvalue weighted by Crippen LogP contribution is 2.45. The first-order valence-electron chi connectivity index (χ1n) is 8.18. The van der Waals surface area contributed by atoms with E-state index in [4.69, 9.17) is 18.9 Å². The van der Waals surface area contributed by atoms with Crippen molar-refractivity contribution in [1.29, 1.82) is 0 Å². The molecule has 0 spiro atoms. The van der Waals surface area contributed by atoms with Crippen molar-refractivity contribution in [3.8, 4) is 11.5 Å². The van der Waals surface area contributed by atoms with Gasteiger partial charge in [0.1, 0.15) is 0 Å². The second-order valence-electron chi connectivity index (χ2n) is 6.20. The predicted molar refractivity (Wildman–Crippen MR) is 81.8 cm³/mol. The summed E-state index contributed by atoms with van der Waals surface area (Å²) in [5.74, 6) is -0.0573. The quantitative estimate of drug-likeness (QED) is 0.507. The van der Waals surface area contributed by atoms with Gasteiger partial charge < -0.3 is 24.3 Å². The molecule has 1 saturated heterocycles. The Morgan fingerprint density at radius 2 is 2.00 bits per heavy atom. The van der Waals surface area contributed by atoms with Crippen LogP contribution in [0.5, 0.6) is 11.5 Å². The first-order valence-corrected chi connectivity index (χ1v) is 8.18. The van der Waals surface area contributed by atoms with E-state index in [-0.39, 0.29) is 37.6 Å². The van der Waals surface area contributed by atoms with Crippen LogP contribution in [0.2, 0.25) is 0 Å². The van der Waals surface area contributed by atoms with E-state index in [1.54, 1.807) is 6.92 Å². The minimum atomic E-state index is -0.847. The minimum Gasteiger partial charge on any atom is -0.459 e. The number of hydrogen-bond donors (Lipinski definition) is 1. The minimum absolute atomic E-state index is 0.0571. The van der Waals surface area contributed by atoms with E-state index in [0.717, 1.165) is 17.7 Å². The van der Waals surface area contributed by atoms with Crippen LogP contribution in [-0.2, 0) is 19.1 Å². The van der Waals surface area contributed by atoms with E-state index in [9.17, 15) is 9.59 Å². The first-order chi connectivity index (χ1) is 11.7. The van der Waals surface area contributed by atoms with Gasteiger partial charge in [-0.05, 0) is 37.5 Å². The van der Waals surface area contributed by atoms with Crippen molar-refractivity contribution in [1.82, 2.24) is 5.32 Å². The van der Waals surface area contributed by atoms with Crippen LogP contribution in [0.3, 0.4) is 0 Å². The Labute approximate surface area is 139 Å². The molecular weight excluding hydrogens is 314 g/mol. The summed E-state index contributed by atoms with van der Waals surface area (Å²) in [5, 5.41) is 2.81. The van der Waals surface area contributed by atoms with Crippen molar-refractivity contribution in [2.24, 2.45) is 0 Å². The predicted octanol–water partition coefficient (Wildman–Crippen LogP) is 1.11. The molecule has 1 saturated carbocycles. The zero-order valence-electron chi connectivity index (χ0n) is 13.3. The molecule has 24 heavy (non-hydrogen) atoms. The molecule has 0 radical (unpaired) electrons. The van der Waals surface area contributed by atoms with Gasteiger partial charge in [-0.2, -0.15) is 0 Å². The zero-order chi connectivity index (χ0) is 16.7. The third-order valence-corrected chi connectivity index (χ3v) is 4.75. The number of carbonyl (C=O) groups excluding carboxylic acids is 2. The van der Waals surface area contributed by atoms with Gasteiger partial charge in [0.25, 0.3) is 0 Å². The third-order valence-electron chi connectivity index (χ3n) is 4.75. The van der Waals surface area contributed by atoms with Gasteiger partial charge in [0, 0.05) is 12.0 Å². The average Bonchev–Trinajstić information content (AvgIpc) is 3.17. The zero-order valence-corrected chi connectivity index (χ0v) is 13.3. The maximum Gasteiger partial charge on any atom is 0.396 e.